The maximum atomic E-state index is 6.01. The van der Waals surface area contributed by atoms with Gasteiger partial charge in [-0.15, -0.1) is 0 Å². The second kappa shape index (κ2) is 4.60. The van der Waals surface area contributed by atoms with Crippen LogP contribution in [0.15, 0.2) is 18.3 Å². The van der Waals surface area contributed by atoms with Gasteiger partial charge in [0, 0.05) is 12.2 Å². The van der Waals surface area contributed by atoms with E-state index < -0.39 is 0 Å². The monoisotopic (exact) mass is 268 g/mol. The highest BCUT2D eigenvalue weighted by Crippen LogP contribution is 2.35. The molecule has 0 saturated carbocycles. The van der Waals surface area contributed by atoms with Gasteiger partial charge in [-0.3, -0.25) is 0 Å². The summed E-state index contributed by atoms with van der Waals surface area (Å²) < 4.78 is 0. The second-order valence-electron chi connectivity index (χ2n) is 4.78. The first-order valence-corrected chi connectivity index (χ1v) is 6.73. The number of fused-ring (bicyclic) bond motifs is 1. The van der Waals surface area contributed by atoms with Crippen LogP contribution in [0, 0.1) is 5.92 Å². The molecule has 0 radical (unpaired) electrons. The van der Waals surface area contributed by atoms with Gasteiger partial charge in [0.05, 0.1) is 5.02 Å². The minimum Gasteiger partial charge on any atom is -0.313 e. The molecule has 1 N–H and O–H groups in total. The van der Waals surface area contributed by atoms with Crippen LogP contribution < -0.4 is 5.32 Å². The van der Waals surface area contributed by atoms with E-state index >= 15 is 0 Å². The van der Waals surface area contributed by atoms with Gasteiger partial charge in [-0.1, -0.05) is 29.3 Å². The van der Waals surface area contributed by atoms with Crippen molar-refractivity contribution in [1.29, 1.82) is 0 Å². The lowest BCUT2D eigenvalue weighted by Crippen LogP contribution is -2.29. The number of pyridine rings is 1. The highest BCUT2D eigenvalue weighted by molar-refractivity contribution is 6.41. The van der Waals surface area contributed by atoms with Crippen molar-refractivity contribution in [3.8, 4) is 0 Å². The fourth-order valence-electron chi connectivity index (χ4n) is 2.79. The Balaban J connectivity index is 1.86. The van der Waals surface area contributed by atoms with E-state index in [4.69, 9.17) is 23.2 Å². The molecule has 3 rings (SSSR count). The summed E-state index contributed by atoms with van der Waals surface area (Å²) in [6, 6.07) is 2.54. The van der Waals surface area contributed by atoms with Gasteiger partial charge in [0.25, 0.3) is 0 Å². The zero-order valence-corrected chi connectivity index (χ0v) is 10.9. The Labute approximate surface area is 111 Å². The highest BCUT2D eigenvalue weighted by Gasteiger charge is 2.30. The SMILES string of the molecule is Clc1cc(C2=CCC3CCNC3C2)cnc1Cl. The van der Waals surface area contributed by atoms with Crippen LogP contribution in [0.2, 0.25) is 10.2 Å². The molecule has 2 atom stereocenters. The largest absolute Gasteiger partial charge is 0.313 e. The molecular formula is C13H14Cl2N2. The van der Waals surface area contributed by atoms with Crippen LogP contribution >= 0.6 is 23.2 Å². The molecule has 1 aliphatic carbocycles. The van der Waals surface area contributed by atoms with Crippen LogP contribution in [0.1, 0.15) is 24.8 Å². The maximum absolute atomic E-state index is 6.01. The van der Waals surface area contributed by atoms with Gasteiger partial charge in [0.15, 0.2) is 0 Å². The molecule has 0 aromatic carbocycles. The first kappa shape index (κ1) is 11.5. The first-order valence-electron chi connectivity index (χ1n) is 5.98. The van der Waals surface area contributed by atoms with Gasteiger partial charge in [-0.2, -0.15) is 0 Å². The summed E-state index contributed by atoms with van der Waals surface area (Å²) in [5, 5.41) is 4.48. The molecule has 0 amide bonds. The third-order valence-electron chi connectivity index (χ3n) is 3.76. The predicted molar refractivity (Wildman–Crippen MR) is 71.4 cm³/mol. The smallest absolute Gasteiger partial charge is 0.147 e. The van der Waals surface area contributed by atoms with Crippen LogP contribution in [0.3, 0.4) is 0 Å². The highest BCUT2D eigenvalue weighted by atomic mass is 35.5. The molecule has 2 aliphatic rings. The number of allylic oxidation sites excluding steroid dienone is 1. The van der Waals surface area contributed by atoms with E-state index in [0.29, 0.717) is 16.2 Å². The Morgan fingerprint density at radius 2 is 2.24 bits per heavy atom. The van der Waals surface area contributed by atoms with Crippen molar-refractivity contribution < 1.29 is 0 Å². The molecule has 1 aliphatic heterocycles. The van der Waals surface area contributed by atoms with Crippen molar-refractivity contribution in [1.82, 2.24) is 10.3 Å². The van der Waals surface area contributed by atoms with Crippen LogP contribution in [0.5, 0.6) is 0 Å². The van der Waals surface area contributed by atoms with Crippen molar-refractivity contribution in [2.75, 3.05) is 6.54 Å². The summed E-state index contributed by atoms with van der Waals surface area (Å²) in [7, 11) is 0. The van der Waals surface area contributed by atoms with Gasteiger partial charge in [-0.25, -0.2) is 4.98 Å². The molecule has 4 heteroatoms. The van der Waals surface area contributed by atoms with Crippen molar-refractivity contribution >= 4 is 28.8 Å². The third-order valence-corrected chi connectivity index (χ3v) is 4.45. The topological polar surface area (TPSA) is 24.9 Å². The number of aromatic nitrogens is 1. The average Bonchev–Trinajstić information content (AvgIpc) is 2.79. The Kier molecular flexibility index (Phi) is 3.12. The average molecular weight is 269 g/mol. The van der Waals surface area contributed by atoms with Crippen molar-refractivity contribution in [2.45, 2.75) is 25.3 Å². The molecule has 0 spiro atoms. The molecule has 2 unspecified atom stereocenters. The molecule has 1 fully saturated rings. The summed E-state index contributed by atoms with van der Waals surface area (Å²) in [5.74, 6) is 0.814. The summed E-state index contributed by atoms with van der Waals surface area (Å²) in [6.07, 6.45) is 7.68. The van der Waals surface area contributed by atoms with Gasteiger partial charge >= 0.3 is 0 Å². The first-order chi connectivity index (χ1) is 8.24. The normalized spacial score (nSPS) is 27.8. The summed E-state index contributed by atoms with van der Waals surface area (Å²) in [5.41, 5.74) is 2.44. The lowest BCUT2D eigenvalue weighted by molar-refractivity contribution is 0.445. The van der Waals surface area contributed by atoms with Crippen LogP contribution in [-0.4, -0.2) is 17.6 Å². The minimum atomic E-state index is 0.378. The Morgan fingerprint density at radius 3 is 3.06 bits per heavy atom. The second-order valence-corrected chi connectivity index (χ2v) is 5.54. The van der Waals surface area contributed by atoms with Crippen LogP contribution in [0.25, 0.3) is 5.57 Å². The molecule has 2 heterocycles. The van der Waals surface area contributed by atoms with Gasteiger partial charge < -0.3 is 5.32 Å². The van der Waals surface area contributed by atoms with Gasteiger partial charge in [0.2, 0.25) is 0 Å². The van der Waals surface area contributed by atoms with Crippen molar-refractivity contribution in [2.24, 2.45) is 5.92 Å². The van der Waals surface area contributed by atoms with Gasteiger partial charge in [-0.05, 0) is 48.9 Å². The Hall–Kier alpha value is -0.570. The van der Waals surface area contributed by atoms with E-state index in [0.717, 1.165) is 30.9 Å². The molecule has 2 nitrogen and oxygen atoms in total. The van der Waals surface area contributed by atoms with Crippen LogP contribution in [0.4, 0.5) is 0 Å². The quantitative estimate of drug-likeness (QED) is 0.789. The maximum Gasteiger partial charge on any atom is 0.147 e. The standard InChI is InChI=1S/C13H14Cl2N2/c14-11-5-10(7-17-13(11)15)9-2-1-8-3-4-16-12(8)6-9/h2,5,7-8,12,16H,1,3-4,6H2. The Bertz CT molecular complexity index is 470. The number of hydrogen-bond acceptors (Lipinski definition) is 2. The van der Waals surface area contributed by atoms with Crippen molar-refractivity contribution in [3.63, 3.8) is 0 Å². The molecular weight excluding hydrogens is 255 g/mol. The molecule has 1 aromatic heterocycles. The fourth-order valence-corrected chi connectivity index (χ4v) is 3.06. The Morgan fingerprint density at radius 1 is 1.35 bits per heavy atom. The van der Waals surface area contributed by atoms with Crippen molar-refractivity contribution in [3.05, 3.63) is 34.1 Å². The van der Waals surface area contributed by atoms with E-state index in [-0.39, 0.29) is 0 Å². The summed E-state index contributed by atoms with van der Waals surface area (Å²) >= 11 is 11.8. The molecule has 90 valence electrons. The van der Waals surface area contributed by atoms with Crippen LogP contribution in [-0.2, 0) is 0 Å². The lowest BCUT2D eigenvalue weighted by Gasteiger charge is -2.25. The zero-order chi connectivity index (χ0) is 11.8. The summed E-state index contributed by atoms with van der Waals surface area (Å²) in [6.45, 7) is 1.15. The zero-order valence-electron chi connectivity index (χ0n) is 9.42. The number of nitrogens with one attached hydrogen (secondary N) is 1. The fraction of sp³-hybridized carbons (Fsp3) is 0.462. The number of rotatable bonds is 1. The number of hydrogen-bond donors (Lipinski definition) is 1. The molecule has 0 bridgehead atoms. The minimum absolute atomic E-state index is 0.378. The molecule has 1 saturated heterocycles. The number of nitrogens with zero attached hydrogens (tertiary/aromatic N) is 1. The van der Waals surface area contributed by atoms with E-state index in [9.17, 15) is 0 Å². The van der Waals surface area contributed by atoms with E-state index in [2.05, 4.69) is 16.4 Å². The molecule has 17 heavy (non-hydrogen) atoms. The summed E-state index contributed by atoms with van der Waals surface area (Å²) in [4.78, 5) is 4.11. The van der Waals surface area contributed by atoms with Gasteiger partial charge in [0.1, 0.15) is 5.15 Å². The third kappa shape index (κ3) is 2.22. The number of halogens is 2. The predicted octanol–water partition coefficient (Wildman–Crippen LogP) is 3.54. The van der Waals surface area contributed by atoms with E-state index in [1.165, 1.54) is 12.0 Å². The van der Waals surface area contributed by atoms with E-state index in [1.807, 2.05) is 12.3 Å². The molecule has 1 aromatic rings. The lowest BCUT2D eigenvalue weighted by atomic mass is 9.84. The van der Waals surface area contributed by atoms with E-state index in [1.54, 1.807) is 0 Å².